The van der Waals surface area contributed by atoms with E-state index in [0.717, 1.165) is 22.5 Å². The molecule has 0 unspecified atom stereocenters. The van der Waals surface area contributed by atoms with Crippen LogP contribution in [0.5, 0.6) is 0 Å². The first-order valence-electron chi connectivity index (χ1n) is 7.96. The van der Waals surface area contributed by atoms with Crippen molar-refractivity contribution >= 4 is 18.4 Å². The van der Waals surface area contributed by atoms with Crippen LogP contribution in [-0.4, -0.2) is 35.9 Å². The second kappa shape index (κ2) is 6.85. The van der Waals surface area contributed by atoms with Crippen LogP contribution < -0.4 is 0 Å². The summed E-state index contributed by atoms with van der Waals surface area (Å²) in [7, 11) is 0. The van der Waals surface area contributed by atoms with Crippen LogP contribution in [-0.2, 0) is 0 Å². The molecule has 0 aliphatic carbocycles. The highest BCUT2D eigenvalue weighted by molar-refractivity contribution is 7.71. The van der Waals surface area contributed by atoms with E-state index in [1.54, 1.807) is 23.3 Å². The minimum Gasteiger partial charge on any atom is -0.264 e. The molecule has 3 heterocycles. The van der Waals surface area contributed by atoms with Gasteiger partial charge in [-0.25, -0.2) is 4.68 Å². The first-order valence-corrected chi connectivity index (χ1v) is 8.37. The summed E-state index contributed by atoms with van der Waals surface area (Å²) in [5.41, 5.74) is 3.52. The van der Waals surface area contributed by atoms with E-state index < -0.39 is 0 Å². The lowest BCUT2D eigenvalue weighted by molar-refractivity contribution is 0.821. The van der Waals surface area contributed by atoms with Crippen molar-refractivity contribution in [3.05, 3.63) is 77.2 Å². The summed E-state index contributed by atoms with van der Waals surface area (Å²) >= 11 is 5.20. The number of aromatic amines is 1. The Hall–Kier alpha value is -3.39. The van der Waals surface area contributed by atoms with Crippen LogP contribution in [0.3, 0.4) is 0 Å². The predicted octanol–water partition coefficient (Wildman–Crippen LogP) is 3.38. The Morgan fingerprint density at radius 3 is 2.69 bits per heavy atom. The van der Waals surface area contributed by atoms with Gasteiger partial charge in [0.15, 0.2) is 0 Å². The summed E-state index contributed by atoms with van der Waals surface area (Å²) in [6.45, 7) is 1.83. The molecule has 7 nitrogen and oxygen atoms in total. The highest BCUT2D eigenvalue weighted by Gasteiger charge is 2.11. The number of aryl methyl sites for hydroxylation is 1. The largest absolute Gasteiger partial charge is 0.264 e. The standard InChI is InChI=1S/C18H15N7S/c1-13-21-22-18(26)25(13)20-11-15-12-24(16-7-3-2-4-8-16)23-17(15)14-6-5-9-19-10-14/h2-12H,1H3,(H,22,26)/b20-11-. The van der Waals surface area contributed by atoms with E-state index in [1.165, 1.54) is 0 Å². The number of benzene rings is 1. The van der Waals surface area contributed by atoms with Gasteiger partial charge in [-0.2, -0.15) is 20.0 Å². The minimum atomic E-state index is 0.442. The highest BCUT2D eigenvalue weighted by Crippen LogP contribution is 2.21. The van der Waals surface area contributed by atoms with Crippen LogP contribution in [0.1, 0.15) is 11.4 Å². The molecule has 0 aliphatic heterocycles. The third kappa shape index (κ3) is 3.09. The summed E-state index contributed by atoms with van der Waals surface area (Å²) in [4.78, 5) is 4.19. The van der Waals surface area contributed by atoms with E-state index in [4.69, 9.17) is 17.3 Å². The lowest BCUT2D eigenvalue weighted by Crippen LogP contribution is -1.94. The summed E-state index contributed by atoms with van der Waals surface area (Å²) in [6, 6.07) is 13.8. The van der Waals surface area contributed by atoms with Crippen molar-refractivity contribution in [1.29, 1.82) is 0 Å². The van der Waals surface area contributed by atoms with Crippen molar-refractivity contribution < 1.29 is 0 Å². The fourth-order valence-corrected chi connectivity index (χ4v) is 2.77. The van der Waals surface area contributed by atoms with Gasteiger partial charge in [-0.3, -0.25) is 10.1 Å². The molecule has 4 aromatic rings. The van der Waals surface area contributed by atoms with Gasteiger partial charge in [-0.1, -0.05) is 18.2 Å². The third-order valence-corrected chi connectivity index (χ3v) is 4.09. The molecule has 3 aromatic heterocycles. The van der Waals surface area contributed by atoms with E-state index in [0.29, 0.717) is 10.6 Å². The SMILES string of the molecule is Cc1n[nH]c(=S)n1/N=C\c1cn(-c2ccccc2)nc1-c1cccnc1. The number of rotatable bonds is 4. The highest BCUT2D eigenvalue weighted by atomic mass is 32.1. The number of nitrogens with one attached hydrogen (secondary N) is 1. The first kappa shape index (κ1) is 16.1. The summed E-state index contributed by atoms with van der Waals surface area (Å²) in [6.07, 6.45) is 7.18. The van der Waals surface area contributed by atoms with E-state index in [1.807, 2.05) is 60.3 Å². The maximum Gasteiger partial charge on any atom is 0.216 e. The van der Waals surface area contributed by atoms with Crippen LogP contribution in [0.2, 0.25) is 0 Å². The Morgan fingerprint density at radius 1 is 1.15 bits per heavy atom. The Labute approximate surface area is 154 Å². The van der Waals surface area contributed by atoms with Gasteiger partial charge in [0.05, 0.1) is 11.9 Å². The Morgan fingerprint density at radius 2 is 2.00 bits per heavy atom. The van der Waals surface area contributed by atoms with Gasteiger partial charge in [0.25, 0.3) is 0 Å². The molecule has 0 bridgehead atoms. The van der Waals surface area contributed by atoms with Crippen molar-refractivity contribution in [3.63, 3.8) is 0 Å². The second-order valence-electron chi connectivity index (χ2n) is 5.59. The monoisotopic (exact) mass is 361 g/mol. The van der Waals surface area contributed by atoms with Crippen molar-refractivity contribution in [2.24, 2.45) is 5.10 Å². The Kier molecular flexibility index (Phi) is 4.24. The van der Waals surface area contributed by atoms with Crippen LogP contribution in [0.15, 0.2) is 66.2 Å². The quantitative estimate of drug-likeness (QED) is 0.446. The number of nitrogens with zero attached hydrogens (tertiary/aromatic N) is 6. The average Bonchev–Trinajstić information content (AvgIpc) is 3.25. The minimum absolute atomic E-state index is 0.442. The molecule has 1 N–H and O–H groups in total. The summed E-state index contributed by atoms with van der Waals surface area (Å²) < 4.78 is 3.84. The molecule has 8 heteroatoms. The second-order valence-corrected chi connectivity index (χ2v) is 5.97. The summed E-state index contributed by atoms with van der Waals surface area (Å²) in [5, 5.41) is 16.0. The maximum atomic E-state index is 5.20. The number of aromatic nitrogens is 6. The Balaban J connectivity index is 1.82. The first-order chi connectivity index (χ1) is 12.7. The van der Waals surface area contributed by atoms with Crippen LogP contribution in [0.25, 0.3) is 16.9 Å². The molecule has 26 heavy (non-hydrogen) atoms. The molecule has 0 spiro atoms. The zero-order valence-electron chi connectivity index (χ0n) is 13.9. The van der Waals surface area contributed by atoms with Gasteiger partial charge >= 0.3 is 0 Å². The van der Waals surface area contributed by atoms with Crippen molar-refractivity contribution in [3.8, 4) is 16.9 Å². The van der Waals surface area contributed by atoms with Crippen LogP contribution in [0.4, 0.5) is 0 Å². The molecular weight excluding hydrogens is 346 g/mol. The third-order valence-electron chi connectivity index (χ3n) is 3.82. The van der Waals surface area contributed by atoms with Gasteiger partial charge < -0.3 is 0 Å². The molecule has 0 saturated carbocycles. The maximum absolute atomic E-state index is 5.20. The Bertz CT molecular complexity index is 1110. The molecular formula is C18H15N7S. The lowest BCUT2D eigenvalue weighted by atomic mass is 10.1. The van der Waals surface area contributed by atoms with Gasteiger partial charge in [-0.15, -0.1) is 0 Å². The zero-order chi connectivity index (χ0) is 17.9. The molecule has 4 rings (SSSR count). The van der Waals surface area contributed by atoms with Gasteiger partial charge in [0.1, 0.15) is 11.5 Å². The van der Waals surface area contributed by atoms with E-state index in [2.05, 4.69) is 20.3 Å². The van der Waals surface area contributed by atoms with Crippen LogP contribution in [0, 0.1) is 11.7 Å². The molecule has 0 fully saturated rings. The zero-order valence-corrected chi connectivity index (χ0v) is 14.8. The van der Waals surface area contributed by atoms with Crippen molar-refractivity contribution in [2.75, 3.05) is 0 Å². The average molecular weight is 361 g/mol. The van der Waals surface area contributed by atoms with E-state index in [-0.39, 0.29) is 0 Å². The van der Waals surface area contributed by atoms with Crippen LogP contribution >= 0.6 is 12.2 Å². The number of hydrogen-bond acceptors (Lipinski definition) is 5. The predicted molar refractivity (Wildman–Crippen MR) is 102 cm³/mol. The smallest absolute Gasteiger partial charge is 0.216 e. The molecule has 128 valence electrons. The lowest BCUT2D eigenvalue weighted by Gasteiger charge is -1.99. The van der Waals surface area contributed by atoms with Gasteiger partial charge in [-0.05, 0) is 43.4 Å². The van der Waals surface area contributed by atoms with Crippen molar-refractivity contribution in [2.45, 2.75) is 6.92 Å². The van der Waals surface area contributed by atoms with Crippen molar-refractivity contribution in [1.82, 2.24) is 29.6 Å². The fraction of sp³-hybridized carbons (Fsp3) is 0.0556. The number of para-hydroxylation sites is 1. The molecule has 0 atom stereocenters. The number of hydrogen-bond donors (Lipinski definition) is 1. The summed E-state index contributed by atoms with van der Waals surface area (Å²) in [5.74, 6) is 0.685. The molecule has 0 radical (unpaired) electrons. The van der Waals surface area contributed by atoms with E-state index in [9.17, 15) is 0 Å². The molecule has 0 aliphatic rings. The van der Waals surface area contributed by atoms with E-state index >= 15 is 0 Å². The van der Waals surface area contributed by atoms with Gasteiger partial charge in [0, 0.05) is 29.7 Å². The fourth-order valence-electron chi connectivity index (χ4n) is 2.55. The molecule has 0 amide bonds. The molecule has 0 saturated heterocycles. The normalized spacial score (nSPS) is 11.3. The number of pyridine rings is 1. The van der Waals surface area contributed by atoms with Gasteiger partial charge in [0.2, 0.25) is 4.77 Å². The number of H-pyrrole nitrogens is 1. The molecule has 1 aromatic carbocycles. The topological polar surface area (TPSA) is 76.7 Å².